The monoisotopic (exact) mass is 478 g/mol. The van der Waals surface area contributed by atoms with Crippen LogP contribution in [0.4, 0.5) is 27.8 Å². The molecule has 3 rings (SSSR count). The van der Waals surface area contributed by atoms with Crippen LogP contribution in [-0.2, 0) is 14.8 Å². The molecule has 1 amide bonds. The zero-order valence-corrected chi connectivity index (χ0v) is 16.8. The zero-order chi connectivity index (χ0) is 23.7. The predicted octanol–water partition coefficient (Wildman–Crippen LogP) is 2.55. The minimum absolute atomic E-state index is 0.152. The summed E-state index contributed by atoms with van der Waals surface area (Å²) < 4.78 is 94.9. The molecule has 14 heteroatoms. The van der Waals surface area contributed by atoms with E-state index in [-0.39, 0.29) is 17.1 Å². The molecule has 0 spiro atoms. The first-order valence-electron chi connectivity index (χ1n) is 8.80. The van der Waals surface area contributed by atoms with Crippen LogP contribution < -0.4 is 9.62 Å². The van der Waals surface area contributed by atoms with Crippen molar-refractivity contribution in [2.24, 2.45) is 0 Å². The molecular weight excluding hydrogens is 463 g/mol. The molecule has 1 aliphatic rings. The molecule has 1 saturated heterocycles. The molecule has 1 fully saturated rings. The molecule has 8 nitrogen and oxygen atoms in total. The number of carbonyl (C=O) groups is 1. The second kappa shape index (κ2) is 8.78. The smallest absolute Gasteiger partial charge is 0.337 e. The fourth-order valence-corrected chi connectivity index (χ4v) is 3.33. The topological polar surface area (TPSA) is 101 Å². The Morgan fingerprint density at radius 3 is 2.56 bits per heavy atom. The van der Waals surface area contributed by atoms with Crippen LogP contribution in [0.25, 0.3) is 11.3 Å². The number of carbonyl (C=O) groups excluding carboxylic acids is 1. The van der Waals surface area contributed by atoms with E-state index in [0.29, 0.717) is 5.41 Å². The van der Waals surface area contributed by atoms with Crippen molar-refractivity contribution in [3.63, 3.8) is 0 Å². The molecule has 2 aromatic rings. The Labute approximate surface area is 178 Å². The van der Waals surface area contributed by atoms with Crippen molar-refractivity contribution in [1.82, 2.24) is 14.7 Å². The number of hydrogen-bond acceptors (Lipinski definition) is 7. The van der Waals surface area contributed by atoms with Crippen molar-refractivity contribution in [2.45, 2.75) is 18.6 Å². The van der Waals surface area contributed by atoms with Gasteiger partial charge in [0, 0.05) is 11.0 Å². The van der Waals surface area contributed by atoms with E-state index >= 15 is 0 Å². The largest absolute Gasteiger partial charge is 0.345 e. The summed E-state index contributed by atoms with van der Waals surface area (Å²) in [6.07, 6.45) is 0.831. The Kier molecular flexibility index (Phi) is 6.46. The third kappa shape index (κ3) is 5.02. The highest BCUT2D eigenvalue weighted by molar-refractivity contribution is 7.92. The average Bonchev–Trinajstić information content (AvgIpc) is 2.72. The van der Waals surface area contributed by atoms with Gasteiger partial charge < -0.3 is 9.64 Å². The lowest BCUT2D eigenvalue weighted by Crippen LogP contribution is -2.67. The van der Waals surface area contributed by atoms with Crippen molar-refractivity contribution in [3.05, 3.63) is 54.0 Å². The van der Waals surface area contributed by atoms with E-state index in [0.717, 1.165) is 23.2 Å². The molecule has 1 N–H and O–H groups in total. The number of sulfonamides is 1. The second-order valence-corrected chi connectivity index (χ2v) is 8.20. The van der Waals surface area contributed by atoms with Gasteiger partial charge in [-0.3, -0.25) is 4.79 Å². The van der Waals surface area contributed by atoms with E-state index in [4.69, 9.17) is 0 Å². The highest BCUT2D eigenvalue weighted by Crippen LogP contribution is 2.41. The Balaban J connectivity index is 2.03. The van der Waals surface area contributed by atoms with E-state index < -0.39 is 59.2 Å². The van der Waals surface area contributed by atoms with Crippen LogP contribution in [0.3, 0.4) is 0 Å². The lowest BCUT2D eigenvalue weighted by molar-refractivity contribution is -0.166. The fourth-order valence-electron chi connectivity index (χ4n) is 2.88. The molecule has 0 aliphatic carbocycles. The minimum atomic E-state index is -4.16. The Hall–Kier alpha value is -3.13. The van der Waals surface area contributed by atoms with Crippen molar-refractivity contribution in [2.75, 3.05) is 18.1 Å². The number of hydrogen-bond donors (Lipinski definition) is 1. The summed E-state index contributed by atoms with van der Waals surface area (Å²) in [5.41, 5.74) is -0.517. The number of ether oxygens (including phenoxy) is 1. The molecule has 172 valence electrons. The van der Waals surface area contributed by atoms with Gasteiger partial charge in [-0.15, -0.1) is 0 Å². The van der Waals surface area contributed by atoms with Gasteiger partial charge in [-0.1, -0.05) is 6.58 Å². The molecule has 0 unspecified atom stereocenters. The number of benzene rings is 1. The van der Waals surface area contributed by atoms with E-state index in [1.807, 2.05) is 0 Å². The van der Waals surface area contributed by atoms with Gasteiger partial charge in [0.25, 0.3) is 21.9 Å². The summed E-state index contributed by atoms with van der Waals surface area (Å²) in [4.78, 5) is 21.1. The summed E-state index contributed by atoms with van der Waals surface area (Å²) in [6, 6.07) is 2.74. The third-order valence-corrected chi connectivity index (χ3v) is 5.36. The minimum Gasteiger partial charge on any atom is -0.337 e. The summed E-state index contributed by atoms with van der Waals surface area (Å²) in [7, 11) is -4.16. The zero-order valence-electron chi connectivity index (χ0n) is 16.0. The van der Waals surface area contributed by atoms with E-state index in [9.17, 15) is 35.2 Å². The van der Waals surface area contributed by atoms with Gasteiger partial charge in [-0.05, 0) is 24.3 Å². The summed E-state index contributed by atoms with van der Waals surface area (Å²) in [5.74, 6) is -5.38. The van der Waals surface area contributed by atoms with Gasteiger partial charge in [0.15, 0.2) is 5.82 Å². The number of nitrogens with one attached hydrogen (secondary N) is 1. The summed E-state index contributed by atoms with van der Waals surface area (Å²) in [6.45, 7) is -2.14. The molecule has 1 aromatic carbocycles. The first-order valence-corrected chi connectivity index (χ1v) is 10.3. The van der Waals surface area contributed by atoms with Crippen molar-refractivity contribution in [1.29, 1.82) is 0 Å². The van der Waals surface area contributed by atoms with Gasteiger partial charge in [-0.2, -0.15) is 8.78 Å². The van der Waals surface area contributed by atoms with Crippen molar-refractivity contribution < 1.29 is 39.9 Å². The quantitative estimate of drug-likeness (QED) is 0.582. The number of nitrogens with zero attached hydrogens (tertiary/aromatic N) is 3. The number of anilines is 1. The molecule has 1 atom stereocenters. The van der Waals surface area contributed by atoms with Gasteiger partial charge in [0.2, 0.25) is 0 Å². The molecule has 32 heavy (non-hydrogen) atoms. The Morgan fingerprint density at radius 1 is 1.34 bits per heavy atom. The summed E-state index contributed by atoms with van der Waals surface area (Å²) in [5, 5.41) is 0.489. The molecular formula is C18H15F5N4O4S. The van der Waals surface area contributed by atoms with Crippen LogP contribution in [0.1, 0.15) is 10.5 Å². The van der Waals surface area contributed by atoms with Gasteiger partial charge >= 0.3 is 6.61 Å². The number of halogens is 5. The average molecular weight is 478 g/mol. The standard InChI is InChI=1S/C18H15F5N4O4S/c1-2-32(29,30)26-16(28)12-7-24-15(14(25-12)10-3-5-11(19)6-4-10)27-9-18(22,23)13(27)8-31-17(20)21/h2-7,13,17H,1,8-9H2,(H,26,28)/t13-/m1/s1. The maximum absolute atomic E-state index is 14.0. The maximum atomic E-state index is 14.0. The highest BCUT2D eigenvalue weighted by atomic mass is 32.2. The van der Waals surface area contributed by atoms with Crippen LogP contribution in [0.2, 0.25) is 0 Å². The lowest BCUT2D eigenvalue weighted by Gasteiger charge is -2.48. The van der Waals surface area contributed by atoms with E-state index in [1.165, 1.54) is 12.1 Å². The number of amides is 1. The SMILES string of the molecule is C=CS(=O)(=O)NC(=O)c1cnc(N2CC(F)(F)[C@H]2COC(F)F)c(-c2ccc(F)cc2)n1. The molecule has 0 radical (unpaired) electrons. The predicted molar refractivity (Wildman–Crippen MR) is 102 cm³/mol. The second-order valence-electron chi connectivity index (χ2n) is 6.58. The van der Waals surface area contributed by atoms with Crippen LogP contribution in [-0.4, -0.2) is 56.0 Å². The van der Waals surface area contributed by atoms with Crippen LogP contribution in [0.15, 0.2) is 42.4 Å². The van der Waals surface area contributed by atoms with E-state index in [1.54, 1.807) is 4.72 Å². The lowest BCUT2D eigenvalue weighted by atomic mass is 9.97. The number of alkyl halides is 4. The maximum Gasteiger partial charge on any atom is 0.345 e. The van der Waals surface area contributed by atoms with Gasteiger partial charge in [0.1, 0.15) is 23.2 Å². The van der Waals surface area contributed by atoms with Crippen LogP contribution in [0.5, 0.6) is 0 Å². The molecule has 0 bridgehead atoms. The van der Waals surface area contributed by atoms with Crippen LogP contribution >= 0.6 is 0 Å². The van der Waals surface area contributed by atoms with Gasteiger partial charge in [0.05, 0.1) is 19.3 Å². The molecule has 2 heterocycles. The number of rotatable bonds is 8. The van der Waals surface area contributed by atoms with Crippen molar-refractivity contribution >= 4 is 21.7 Å². The van der Waals surface area contributed by atoms with E-state index in [2.05, 4.69) is 21.3 Å². The first kappa shape index (κ1) is 23.5. The molecule has 1 aromatic heterocycles. The normalized spacial score (nSPS) is 17.7. The fraction of sp³-hybridized carbons (Fsp3) is 0.278. The highest BCUT2D eigenvalue weighted by Gasteiger charge is 2.56. The Bertz CT molecular complexity index is 1130. The third-order valence-electron chi connectivity index (χ3n) is 4.45. The Morgan fingerprint density at radius 2 is 2.00 bits per heavy atom. The summed E-state index contributed by atoms with van der Waals surface area (Å²) >= 11 is 0. The molecule has 0 saturated carbocycles. The first-order chi connectivity index (χ1) is 14.9. The number of aromatic nitrogens is 2. The van der Waals surface area contributed by atoms with Crippen LogP contribution in [0, 0.1) is 5.82 Å². The molecule has 1 aliphatic heterocycles. The van der Waals surface area contributed by atoms with Crippen molar-refractivity contribution in [3.8, 4) is 11.3 Å². The van der Waals surface area contributed by atoms with Gasteiger partial charge in [-0.25, -0.2) is 36.3 Å².